The first-order valence-electron chi connectivity index (χ1n) is 6.78. The number of pyridine rings is 1. The fraction of sp³-hybridized carbons (Fsp3) is 0.312. The lowest BCUT2D eigenvalue weighted by molar-refractivity contribution is 0.630. The fourth-order valence-electron chi connectivity index (χ4n) is 2.92. The number of aromatic nitrogens is 1. The molecular weight excluding hydrogens is 234 g/mol. The number of hydrazine groups is 1. The van der Waals surface area contributed by atoms with Gasteiger partial charge in [0.25, 0.3) is 0 Å². The highest BCUT2D eigenvalue weighted by atomic mass is 15.2. The van der Waals surface area contributed by atoms with E-state index in [0.29, 0.717) is 0 Å². The Hall–Kier alpha value is -1.71. The monoisotopic (exact) mass is 253 g/mol. The average Bonchev–Trinajstić information content (AvgIpc) is 2.89. The number of rotatable bonds is 3. The number of nitrogens with zero attached hydrogens (tertiary/aromatic N) is 1. The van der Waals surface area contributed by atoms with Gasteiger partial charge in [0.05, 0.1) is 6.04 Å². The van der Waals surface area contributed by atoms with Crippen LogP contribution in [0.2, 0.25) is 0 Å². The van der Waals surface area contributed by atoms with Gasteiger partial charge >= 0.3 is 0 Å². The predicted octanol–water partition coefficient (Wildman–Crippen LogP) is 2.43. The van der Waals surface area contributed by atoms with Crippen molar-refractivity contribution >= 4 is 0 Å². The van der Waals surface area contributed by atoms with Gasteiger partial charge in [0.1, 0.15) is 0 Å². The number of nitrogens with two attached hydrogens (primary N) is 1. The summed E-state index contributed by atoms with van der Waals surface area (Å²) in [6, 6.07) is 8.75. The first kappa shape index (κ1) is 12.3. The van der Waals surface area contributed by atoms with Gasteiger partial charge < -0.3 is 0 Å². The summed E-state index contributed by atoms with van der Waals surface area (Å²) >= 11 is 0. The predicted molar refractivity (Wildman–Crippen MR) is 76.6 cm³/mol. The number of fused-ring (bicyclic) bond motifs is 1. The third-order valence-corrected chi connectivity index (χ3v) is 4.01. The molecule has 1 aliphatic rings. The van der Waals surface area contributed by atoms with Crippen molar-refractivity contribution in [3.05, 3.63) is 64.5 Å². The van der Waals surface area contributed by atoms with Crippen LogP contribution in [0.3, 0.4) is 0 Å². The zero-order chi connectivity index (χ0) is 13.2. The maximum absolute atomic E-state index is 5.77. The Morgan fingerprint density at radius 3 is 2.84 bits per heavy atom. The molecule has 0 amide bonds. The van der Waals surface area contributed by atoms with Crippen LogP contribution < -0.4 is 11.3 Å². The van der Waals surface area contributed by atoms with Crippen molar-refractivity contribution in [1.82, 2.24) is 10.4 Å². The summed E-state index contributed by atoms with van der Waals surface area (Å²) < 4.78 is 0. The Bertz CT molecular complexity index is 592. The summed E-state index contributed by atoms with van der Waals surface area (Å²) in [7, 11) is 0. The van der Waals surface area contributed by atoms with Gasteiger partial charge in [-0.1, -0.05) is 18.2 Å². The molecule has 0 aliphatic heterocycles. The highest BCUT2D eigenvalue weighted by molar-refractivity contribution is 5.41. The van der Waals surface area contributed by atoms with Crippen molar-refractivity contribution in [2.24, 2.45) is 5.84 Å². The molecule has 0 saturated carbocycles. The van der Waals surface area contributed by atoms with Crippen molar-refractivity contribution in [1.29, 1.82) is 0 Å². The van der Waals surface area contributed by atoms with Crippen molar-refractivity contribution in [3.8, 4) is 0 Å². The molecule has 2 aromatic rings. The molecule has 1 atom stereocenters. The minimum atomic E-state index is 0.0135. The SMILES string of the molecule is Cc1ccncc1C(NN)c1ccc2c(c1)CCC2. The number of hydrogen-bond donors (Lipinski definition) is 2. The quantitative estimate of drug-likeness (QED) is 0.652. The van der Waals surface area contributed by atoms with Gasteiger partial charge in [-0.3, -0.25) is 10.8 Å². The van der Waals surface area contributed by atoms with E-state index >= 15 is 0 Å². The normalized spacial score (nSPS) is 15.3. The molecule has 1 aromatic carbocycles. The maximum Gasteiger partial charge on any atom is 0.0727 e. The molecule has 3 rings (SSSR count). The van der Waals surface area contributed by atoms with Crippen LogP contribution in [0, 0.1) is 6.92 Å². The average molecular weight is 253 g/mol. The minimum Gasteiger partial charge on any atom is -0.271 e. The minimum absolute atomic E-state index is 0.0135. The van der Waals surface area contributed by atoms with Gasteiger partial charge in [-0.15, -0.1) is 0 Å². The molecule has 1 heterocycles. The Morgan fingerprint density at radius 1 is 1.21 bits per heavy atom. The van der Waals surface area contributed by atoms with Gasteiger partial charge in [0.15, 0.2) is 0 Å². The molecule has 0 spiro atoms. The smallest absolute Gasteiger partial charge is 0.0727 e. The fourth-order valence-corrected chi connectivity index (χ4v) is 2.92. The zero-order valence-electron chi connectivity index (χ0n) is 11.2. The van der Waals surface area contributed by atoms with Crippen molar-refractivity contribution in [3.63, 3.8) is 0 Å². The maximum atomic E-state index is 5.77. The highest BCUT2D eigenvalue weighted by Gasteiger charge is 2.18. The summed E-state index contributed by atoms with van der Waals surface area (Å²) in [4.78, 5) is 4.22. The van der Waals surface area contributed by atoms with Crippen LogP contribution in [0.1, 0.15) is 40.3 Å². The molecule has 98 valence electrons. The summed E-state index contributed by atoms with van der Waals surface area (Å²) in [6.45, 7) is 2.09. The summed E-state index contributed by atoms with van der Waals surface area (Å²) in [5, 5.41) is 0. The van der Waals surface area contributed by atoms with Crippen LogP contribution in [0.5, 0.6) is 0 Å². The number of aryl methyl sites for hydroxylation is 3. The third kappa shape index (κ3) is 2.27. The first-order chi connectivity index (χ1) is 9.29. The molecular formula is C16H19N3. The van der Waals surface area contributed by atoms with Gasteiger partial charge in [0, 0.05) is 12.4 Å². The Labute approximate surface area is 113 Å². The second-order valence-corrected chi connectivity index (χ2v) is 5.21. The molecule has 19 heavy (non-hydrogen) atoms. The van der Waals surface area contributed by atoms with Crippen molar-refractivity contribution in [2.75, 3.05) is 0 Å². The first-order valence-corrected chi connectivity index (χ1v) is 6.78. The molecule has 1 aromatic heterocycles. The molecule has 3 N–H and O–H groups in total. The van der Waals surface area contributed by atoms with Gasteiger partial charge in [-0.05, 0) is 60.1 Å². The highest BCUT2D eigenvalue weighted by Crippen LogP contribution is 2.28. The van der Waals surface area contributed by atoms with Gasteiger partial charge in [-0.25, -0.2) is 5.43 Å². The lowest BCUT2D eigenvalue weighted by Gasteiger charge is -2.19. The number of benzene rings is 1. The van der Waals surface area contributed by atoms with E-state index in [9.17, 15) is 0 Å². The van der Waals surface area contributed by atoms with Gasteiger partial charge in [-0.2, -0.15) is 0 Å². The summed E-state index contributed by atoms with van der Waals surface area (Å²) in [6.07, 6.45) is 7.38. The molecule has 1 aliphatic carbocycles. The molecule has 0 saturated heterocycles. The van der Waals surface area contributed by atoms with Crippen LogP contribution in [-0.2, 0) is 12.8 Å². The Morgan fingerprint density at radius 2 is 2.05 bits per heavy atom. The third-order valence-electron chi connectivity index (χ3n) is 4.01. The van der Waals surface area contributed by atoms with E-state index in [1.54, 1.807) is 0 Å². The molecule has 3 heteroatoms. The van der Waals surface area contributed by atoms with E-state index < -0.39 is 0 Å². The lowest BCUT2D eigenvalue weighted by atomic mass is 9.95. The molecule has 0 bridgehead atoms. The Kier molecular flexibility index (Phi) is 3.32. The Balaban J connectivity index is 2.01. The van der Waals surface area contributed by atoms with E-state index in [1.165, 1.54) is 41.5 Å². The largest absolute Gasteiger partial charge is 0.271 e. The lowest BCUT2D eigenvalue weighted by Crippen LogP contribution is -2.29. The molecule has 0 radical (unpaired) electrons. The topological polar surface area (TPSA) is 50.9 Å². The van der Waals surface area contributed by atoms with Crippen molar-refractivity contribution < 1.29 is 0 Å². The number of nitrogens with one attached hydrogen (secondary N) is 1. The van der Waals surface area contributed by atoms with E-state index in [0.717, 1.165) is 5.56 Å². The van der Waals surface area contributed by atoms with E-state index in [1.807, 2.05) is 18.5 Å². The van der Waals surface area contributed by atoms with Crippen LogP contribution in [0.25, 0.3) is 0 Å². The molecule has 0 fully saturated rings. The van der Waals surface area contributed by atoms with E-state index in [2.05, 4.69) is 35.5 Å². The second-order valence-electron chi connectivity index (χ2n) is 5.21. The zero-order valence-corrected chi connectivity index (χ0v) is 11.2. The second kappa shape index (κ2) is 5.11. The number of hydrogen-bond acceptors (Lipinski definition) is 3. The summed E-state index contributed by atoms with van der Waals surface area (Å²) in [5.74, 6) is 5.77. The van der Waals surface area contributed by atoms with Crippen LogP contribution >= 0.6 is 0 Å². The van der Waals surface area contributed by atoms with Gasteiger partial charge in [0.2, 0.25) is 0 Å². The van der Waals surface area contributed by atoms with Crippen LogP contribution in [-0.4, -0.2) is 4.98 Å². The standard InChI is InChI=1S/C16H19N3/c1-11-7-8-18-10-15(11)16(19-17)14-6-5-12-3-2-4-13(12)9-14/h5-10,16,19H,2-4,17H2,1H3. The van der Waals surface area contributed by atoms with Crippen LogP contribution in [0.15, 0.2) is 36.7 Å². The van der Waals surface area contributed by atoms with E-state index in [4.69, 9.17) is 5.84 Å². The molecule has 3 nitrogen and oxygen atoms in total. The van der Waals surface area contributed by atoms with Crippen LogP contribution in [0.4, 0.5) is 0 Å². The van der Waals surface area contributed by atoms with E-state index in [-0.39, 0.29) is 6.04 Å². The molecule has 1 unspecified atom stereocenters. The summed E-state index contributed by atoms with van der Waals surface area (Å²) in [5.41, 5.74) is 9.46. The van der Waals surface area contributed by atoms with Crippen molar-refractivity contribution in [2.45, 2.75) is 32.2 Å².